The van der Waals surface area contributed by atoms with E-state index in [-0.39, 0.29) is 5.91 Å². The molecule has 72 valence electrons. The predicted octanol–water partition coefficient (Wildman–Crippen LogP) is 1.59. The van der Waals surface area contributed by atoms with Gasteiger partial charge >= 0.3 is 0 Å². The highest BCUT2D eigenvalue weighted by molar-refractivity contribution is 6.33. The van der Waals surface area contributed by atoms with Gasteiger partial charge in [-0.25, -0.2) is 0 Å². The van der Waals surface area contributed by atoms with Gasteiger partial charge in [0.15, 0.2) is 0 Å². The summed E-state index contributed by atoms with van der Waals surface area (Å²) in [6.45, 7) is 2.74. The van der Waals surface area contributed by atoms with Gasteiger partial charge in [0.1, 0.15) is 5.69 Å². The Morgan fingerprint density at radius 3 is 3.08 bits per heavy atom. The summed E-state index contributed by atoms with van der Waals surface area (Å²) in [5.41, 5.74) is 0.331. The van der Waals surface area contributed by atoms with E-state index >= 15 is 0 Å². The Balaban J connectivity index is 2.45. The molecule has 0 fully saturated rings. The zero-order valence-corrected chi connectivity index (χ0v) is 8.19. The number of nitrogens with one attached hydrogen (secondary N) is 2. The first-order chi connectivity index (χ1) is 6.25. The molecular weight excluding hydrogens is 190 g/mol. The molecule has 0 saturated heterocycles. The van der Waals surface area contributed by atoms with Crippen LogP contribution in [-0.2, 0) is 0 Å². The van der Waals surface area contributed by atoms with Crippen LogP contribution >= 0.6 is 11.6 Å². The molecule has 0 spiro atoms. The number of hydrogen-bond donors (Lipinski definition) is 2. The third-order valence-corrected chi connectivity index (χ3v) is 1.92. The topological polar surface area (TPSA) is 57.8 Å². The lowest BCUT2D eigenvalue weighted by Gasteiger charge is -2.01. The minimum atomic E-state index is -0.198. The van der Waals surface area contributed by atoms with Crippen molar-refractivity contribution in [3.8, 4) is 0 Å². The van der Waals surface area contributed by atoms with Crippen molar-refractivity contribution in [1.29, 1.82) is 0 Å². The van der Waals surface area contributed by atoms with Gasteiger partial charge in [-0.1, -0.05) is 24.9 Å². The van der Waals surface area contributed by atoms with Crippen molar-refractivity contribution in [2.24, 2.45) is 0 Å². The van der Waals surface area contributed by atoms with Gasteiger partial charge in [0.2, 0.25) is 0 Å². The summed E-state index contributed by atoms with van der Waals surface area (Å²) in [6.07, 6.45) is 3.44. The highest BCUT2D eigenvalue weighted by Crippen LogP contribution is 2.10. The monoisotopic (exact) mass is 201 g/mol. The number of carbonyl (C=O) groups is 1. The van der Waals surface area contributed by atoms with E-state index in [9.17, 15) is 4.79 Å². The van der Waals surface area contributed by atoms with Crippen LogP contribution in [0.4, 0.5) is 0 Å². The first-order valence-corrected chi connectivity index (χ1v) is 4.60. The number of aromatic nitrogens is 2. The van der Waals surface area contributed by atoms with Crippen molar-refractivity contribution in [1.82, 2.24) is 15.5 Å². The van der Waals surface area contributed by atoms with Gasteiger partial charge in [-0.3, -0.25) is 9.89 Å². The average molecular weight is 202 g/mol. The van der Waals surface area contributed by atoms with Crippen molar-refractivity contribution in [2.45, 2.75) is 19.8 Å². The second-order valence-corrected chi connectivity index (χ2v) is 3.11. The van der Waals surface area contributed by atoms with Crippen molar-refractivity contribution in [2.75, 3.05) is 6.54 Å². The number of halogens is 1. The molecule has 0 aliphatic rings. The van der Waals surface area contributed by atoms with Crippen LogP contribution in [0.5, 0.6) is 0 Å². The molecule has 5 heteroatoms. The van der Waals surface area contributed by atoms with Crippen LogP contribution in [0.3, 0.4) is 0 Å². The summed E-state index contributed by atoms with van der Waals surface area (Å²) >= 11 is 5.69. The highest BCUT2D eigenvalue weighted by Gasteiger charge is 2.10. The number of rotatable bonds is 4. The lowest BCUT2D eigenvalue weighted by molar-refractivity contribution is 0.0948. The number of H-pyrrole nitrogens is 1. The van der Waals surface area contributed by atoms with Crippen molar-refractivity contribution >= 4 is 17.5 Å². The van der Waals surface area contributed by atoms with Crippen LogP contribution in [0.25, 0.3) is 0 Å². The van der Waals surface area contributed by atoms with E-state index in [4.69, 9.17) is 11.6 Å². The van der Waals surface area contributed by atoms with Crippen molar-refractivity contribution in [3.63, 3.8) is 0 Å². The molecule has 1 amide bonds. The van der Waals surface area contributed by atoms with Gasteiger partial charge < -0.3 is 5.32 Å². The predicted molar refractivity (Wildman–Crippen MR) is 50.8 cm³/mol. The van der Waals surface area contributed by atoms with Gasteiger partial charge in [-0.15, -0.1) is 0 Å². The first kappa shape index (κ1) is 10.1. The lowest BCUT2D eigenvalue weighted by Crippen LogP contribution is -2.24. The number of nitrogens with zero attached hydrogens (tertiary/aromatic N) is 1. The van der Waals surface area contributed by atoms with E-state index in [0.717, 1.165) is 12.8 Å². The van der Waals surface area contributed by atoms with Crippen molar-refractivity contribution in [3.05, 3.63) is 16.9 Å². The van der Waals surface area contributed by atoms with Crippen molar-refractivity contribution < 1.29 is 4.79 Å². The SMILES string of the molecule is CCCCNC(=O)c1[nH]ncc1Cl. The highest BCUT2D eigenvalue weighted by atomic mass is 35.5. The van der Waals surface area contributed by atoms with Crippen LogP contribution in [0.2, 0.25) is 5.02 Å². The zero-order valence-electron chi connectivity index (χ0n) is 7.43. The fraction of sp³-hybridized carbons (Fsp3) is 0.500. The van der Waals surface area contributed by atoms with Gasteiger partial charge in [0, 0.05) is 6.54 Å². The van der Waals surface area contributed by atoms with Crippen LogP contribution < -0.4 is 5.32 Å². The lowest BCUT2D eigenvalue weighted by atomic mass is 10.3. The second-order valence-electron chi connectivity index (χ2n) is 2.70. The van der Waals surface area contributed by atoms with E-state index in [0.29, 0.717) is 17.3 Å². The molecule has 1 aromatic heterocycles. The van der Waals surface area contributed by atoms with Gasteiger partial charge in [-0.2, -0.15) is 5.10 Å². The molecule has 1 aromatic rings. The molecule has 0 radical (unpaired) electrons. The Bertz CT molecular complexity index is 285. The molecule has 0 aromatic carbocycles. The summed E-state index contributed by atoms with van der Waals surface area (Å²) in [7, 11) is 0. The smallest absolute Gasteiger partial charge is 0.270 e. The number of hydrogen-bond acceptors (Lipinski definition) is 2. The first-order valence-electron chi connectivity index (χ1n) is 4.22. The molecule has 0 aliphatic heterocycles. The Morgan fingerprint density at radius 2 is 2.54 bits per heavy atom. The second kappa shape index (κ2) is 4.87. The average Bonchev–Trinajstić information content (AvgIpc) is 2.52. The molecule has 0 atom stereocenters. The summed E-state index contributed by atoms with van der Waals surface area (Å²) in [5.74, 6) is -0.198. The molecule has 0 saturated carbocycles. The number of unbranched alkanes of at least 4 members (excludes halogenated alkanes) is 1. The maximum Gasteiger partial charge on any atom is 0.270 e. The molecular formula is C8H12ClN3O. The van der Waals surface area contributed by atoms with Gasteiger partial charge in [0.05, 0.1) is 11.2 Å². The standard InChI is InChI=1S/C8H12ClN3O/c1-2-3-4-10-8(13)7-6(9)5-11-12-7/h5H,2-4H2,1H3,(H,10,13)(H,11,12). The van der Waals surface area contributed by atoms with E-state index in [1.54, 1.807) is 0 Å². The molecule has 0 bridgehead atoms. The summed E-state index contributed by atoms with van der Waals surface area (Å²) in [5, 5.41) is 9.28. The molecule has 0 unspecified atom stereocenters. The van der Waals surface area contributed by atoms with E-state index in [1.807, 2.05) is 0 Å². The Hall–Kier alpha value is -1.03. The minimum Gasteiger partial charge on any atom is -0.351 e. The Labute approximate surface area is 81.7 Å². The van der Waals surface area contributed by atoms with E-state index in [2.05, 4.69) is 22.4 Å². The van der Waals surface area contributed by atoms with Crippen LogP contribution in [0.15, 0.2) is 6.20 Å². The summed E-state index contributed by atoms with van der Waals surface area (Å²) in [6, 6.07) is 0. The van der Waals surface area contributed by atoms with E-state index in [1.165, 1.54) is 6.20 Å². The number of carbonyl (C=O) groups excluding carboxylic acids is 1. The molecule has 13 heavy (non-hydrogen) atoms. The largest absolute Gasteiger partial charge is 0.351 e. The third kappa shape index (κ3) is 2.73. The van der Waals surface area contributed by atoms with Crippen LogP contribution in [0, 0.1) is 0 Å². The third-order valence-electron chi connectivity index (χ3n) is 1.64. The van der Waals surface area contributed by atoms with E-state index < -0.39 is 0 Å². The number of aromatic amines is 1. The molecule has 4 nitrogen and oxygen atoms in total. The minimum absolute atomic E-state index is 0.198. The number of amides is 1. The maximum absolute atomic E-state index is 11.3. The normalized spacial score (nSPS) is 10.0. The molecule has 2 N–H and O–H groups in total. The van der Waals surface area contributed by atoms with Crippen LogP contribution in [0.1, 0.15) is 30.3 Å². The zero-order chi connectivity index (χ0) is 9.68. The van der Waals surface area contributed by atoms with Crippen LogP contribution in [-0.4, -0.2) is 22.6 Å². The fourth-order valence-corrected chi connectivity index (χ4v) is 1.07. The molecule has 0 aliphatic carbocycles. The molecule has 1 heterocycles. The summed E-state index contributed by atoms with van der Waals surface area (Å²) < 4.78 is 0. The quantitative estimate of drug-likeness (QED) is 0.727. The fourth-order valence-electron chi connectivity index (χ4n) is 0.898. The van der Waals surface area contributed by atoms with Gasteiger partial charge in [0.25, 0.3) is 5.91 Å². The maximum atomic E-state index is 11.3. The Kier molecular flexibility index (Phi) is 3.76. The summed E-state index contributed by atoms with van der Waals surface area (Å²) in [4.78, 5) is 11.3. The van der Waals surface area contributed by atoms with Gasteiger partial charge in [-0.05, 0) is 6.42 Å². The Morgan fingerprint density at radius 1 is 1.77 bits per heavy atom. The molecule has 1 rings (SSSR count).